The van der Waals surface area contributed by atoms with Gasteiger partial charge in [-0.1, -0.05) is 18.6 Å². The molecule has 0 aliphatic carbocycles. The molecule has 0 aromatic heterocycles. The Morgan fingerprint density at radius 1 is 1.19 bits per heavy atom. The summed E-state index contributed by atoms with van der Waals surface area (Å²) in [4.78, 5) is 9.33. The Hall–Kier alpha value is -1.22. The van der Waals surface area contributed by atoms with Crippen molar-refractivity contribution in [3.63, 3.8) is 0 Å². The number of likely N-dealkylation sites (tertiary alicyclic amines) is 1. The molecule has 1 aromatic carbocycles. The minimum atomic E-state index is 0. The van der Waals surface area contributed by atoms with Crippen molar-refractivity contribution in [1.29, 1.82) is 0 Å². The maximum atomic E-state index is 5.50. The van der Waals surface area contributed by atoms with Gasteiger partial charge in [0.05, 0.1) is 12.8 Å². The van der Waals surface area contributed by atoms with Crippen LogP contribution < -0.4 is 20.3 Å². The minimum Gasteiger partial charge on any atom is -0.495 e. The summed E-state index contributed by atoms with van der Waals surface area (Å²) in [5, 5.41) is 7.05. The summed E-state index contributed by atoms with van der Waals surface area (Å²) in [6.07, 6.45) is 5.17. The molecule has 6 nitrogen and oxygen atoms in total. The summed E-state index contributed by atoms with van der Waals surface area (Å²) in [5.74, 6) is 1.85. The van der Waals surface area contributed by atoms with Crippen LogP contribution in [-0.2, 0) is 0 Å². The number of aliphatic imine (C=N–C) groups is 1. The van der Waals surface area contributed by atoms with Gasteiger partial charge >= 0.3 is 0 Å². The summed E-state index contributed by atoms with van der Waals surface area (Å²) in [6, 6.07) is 8.65. The van der Waals surface area contributed by atoms with Crippen LogP contribution in [0.15, 0.2) is 29.3 Å². The summed E-state index contributed by atoms with van der Waals surface area (Å²) >= 11 is 0. The molecule has 2 fully saturated rings. The number of anilines is 1. The highest BCUT2D eigenvalue weighted by molar-refractivity contribution is 14.0. The molecule has 1 unspecified atom stereocenters. The summed E-state index contributed by atoms with van der Waals surface area (Å²) in [6.45, 7) is 6.52. The van der Waals surface area contributed by atoms with Crippen molar-refractivity contribution in [3.8, 4) is 5.75 Å². The van der Waals surface area contributed by atoms with Crippen LogP contribution in [-0.4, -0.2) is 70.3 Å². The topological polar surface area (TPSA) is 52.1 Å². The Balaban J connectivity index is 0.00000261. The molecule has 27 heavy (non-hydrogen) atoms. The lowest BCUT2D eigenvalue weighted by Crippen LogP contribution is -2.47. The van der Waals surface area contributed by atoms with Gasteiger partial charge in [-0.25, -0.2) is 0 Å². The lowest BCUT2D eigenvalue weighted by molar-refractivity contribution is 0.232. The Morgan fingerprint density at radius 3 is 2.70 bits per heavy atom. The zero-order chi connectivity index (χ0) is 18.2. The number of hydrogen-bond donors (Lipinski definition) is 2. The fourth-order valence-corrected chi connectivity index (χ4v) is 3.89. The fourth-order valence-electron chi connectivity index (χ4n) is 3.89. The molecule has 7 heteroatoms. The predicted octanol–water partition coefficient (Wildman–Crippen LogP) is 2.54. The van der Waals surface area contributed by atoms with Gasteiger partial charge in [-0.3, -0.25) is 4.99 Å². The van der Waals surface area contributed by atoms with E-state index in [1.807, 2.05) is 19.2 Å². The number of para-hydroxylation sites is 2. The van der Waals surface area contributed by atoms with Crippen LogP contribution in [0.3, 0.4) is 0 Å². The lowest BCUT2D eigenvalue weighted by atomic mass is 10.1. The highest BCUT2D eigenvalue weighted by Crippen LogP contribution is 2.30. The van der Waals surface area contributed by atoms with Gasteiger partial charge < -0.3 is 25.2 Å². The first-order valence-corrected chi connectivity index (χ1v) is 9.87. The van der Waals surface area contributed by atoms with Crippen molar-refractivity contribution >= 4 is 35.6 Å². The van der Waals surface area contributed by atoms with Crippen LogP contribution in [0.25, 0.3) is 0 Å². The molecular formula is C20H34IN5O. The average Bonchev–Trinajstić information content (AvgIpc) is 3.16. The third-order valence-corrected chi connectivity index (χ3v) is 5.35. The predicted molar refractivity (Wildman–Crippen MR) is 124 cm³/mol. The maximum Gasteiger partial charge on any atom is 0.191 e. The number of nitrogens with one attached hydrogen (secondary N) is 2. The van der Waals surface area contributed by atoms with Crippen LogP contribution in [0.5, 0.6) is 5.75 Å². The van der Waals surface area contributed by atoms with Gasteiger partial charge in [0.15, 0.2) is 5.96 Å². The largest absolute Gasteiger partial charge is 0.495 e. The van der Waals surface area contributed by atoms with E-state index in [4.69, 9.17) is 4.74 Å². The number of benzene rings is 1. The molecule has 2 N–H and O–H groups in total. The van der Waals surface area contributed by atoms with Crippen LogP contribution in [0, 0.1) is 0 Å². The van der Waals surface area contributed by atoms with E-state index in [1.165, 1.54) is 38.0 Å². The fraction of sp³-hybridized carbons (Fsp3) is 0.650. The van der Waals surface area contributed by atoms with Gasteiger partial charge in [0, 0.05) is 39.3 Å². The molecule has 0 spiro atoms. The Morgan fingerprint density at radius 2 is 1.96 bits per heavy atom. The first-order chi connectivity index (χ1) is 12.8. The summed E-state index contributed by atoms with van der Waals surface area (Å²) in [7, 11) is 3.59. The molecule has 2 aliphatic heterocycles. The molecule has 3 rings (SSSR count). The molecule has 152 valence electrons. The number of guanidine groups is 1. The Bertz CT molecular complexity index is 591. The normalized spacial score (nSPS) is 20.9. The van der Waals surface area contributed by atoms with Gasteiger partial charge in [-0.15, -0.1) is 24.0 Å². The van der Waals surface area contributed by atoms with E-state index >= 15 is 0 Å². The molecule has 0 radical (unpaired) electrons. The van der Waals surface area contributed by atoms with Gasteiger partial charge in [0.25, 0.3) is 0 Å². The molecule has 1 aromatic rings. The van der Waals surface area contributed by atoms with E-state index in [0.717, 1.165) is 44.3 Å². The van der Waals surface area contributed by atoms with Crippen molar-refractivity contribution in [3.05, 3.63) is 24.3 Å². The third kappa shape index (κ3) is 6.41. The number of ether oxygens (including phenoxy) is 1. The monoisotopic (exact) mass is 487 g/mol. The number of halogens is 1. The van der Waals surface area contributed by atoms with E-state index in [0.29, 0.717) is 6.04 Å². The average molecular weight is 487 g/mol. The van der Waals surface area contributed by atoms with E-state index in [9.17, 15) is 0 Å². The number of nitrogens with zero attached hydrogens (tertiary/aromatic N) is 3. The molecule has 0 bridgehead atoms. The highest BCUT2D eigenvalue weighted by Gasteiger charge is 2.25. The minimum absolute atomic E-state index is 0. The smallest absolute Gasteiger partial charge is 0.191 e. The van der Waals surface area contributed by atoms with Crippen molar-refractivity contribution in [2.45, 2.75) is 31.7 Å². The van der Waals surface area contributed by atoms with Crippen LogP contribution >= 0.6 is 24.0 Å². The standard InChI is InChI=1S/C20H33N5O.HI/c1-21-20(22-11-15-24-12-6-3-7-13-24)23-17-10-14-25(16-17)18-8-4-5-9-19(18)26-2;/h4-5,8-9,17H,3,6-7,10-16H2,1-2H3,(H2,21,22,23);1H. The second kappa shape index (κ2) is 11.6. The molecule has 0 saturated carbocycles. The first-order valence-electron chi connectivity index (χ1n) is 9.87. The second-order valence-electron chi connectivity index (χ2n) is 7.15. The van der Waals surface area contributed by atoms with Gasteiger partial charge in [0.2, 0.25) is 0 Å². The van der Waals surface area contributed by atoms with Crippen molar-refractivity contribution in [1.82, 2.24) is 15.5 Å². The van der Waals surface area contributed by atoms with Crippen molar-refractivity contribution in [2.75, 3.05) is 58.3 Å². The summed E-state index contributed by atoms with van der Waals surface area (Å²) < 4.78 is 5.50. The molecule has 2 heterocycles. The number of piperidine rings is 1. The van der Waals surface area contributed by atoms with Crippen LogP contribution in [0.4, 0.5) is 5.69 Å². The first kappa shape index (κ1) is 22.1. The number of hydrogen-bond acceptors (Lipinski definition) is 4. The Kier molecular flexibility index (Phi) is 9.47. The quantitative estimate of drug-likeness (QED) is 0.367. The maximum absolute atomic E-state index is 5.50. The lowest BCUT2D eigenvalue weighted by Gasteiger charge is -2.27. The molecular weight excluding hydrogens is 453 g/mol. The number of rotatable bonds is 6. The summed E-state index contributed by atoms with van der Waals surface area (Å²) in [5.41, 5.74) is 1.17. The third-order valence-electron chi connectivity index (χ3n) is 5.35. The van der Waals surface area contributed by atoms with E-state index < -0.39 is 0 Å². The highest BCUT2D eigenvalue weighted by atomic mass is 127. The van der Waals surface area contributed by atoms with E-state index in [1.54, 1.807) is 7.11 Å². The van der Waals surface area contributed by atoms with Crippen molar-refractivity contribution in [2.24, 2.45) is 4.99 Å². The SMILES string of the molecule is CN=C(NCCN1CCCCC1)NC1CCN(c2ccccc2OC)C1.I. The zero-order valence-electron chi connectivity index (χ0n) is 16.6. The van der Waals surface area contributed by atoms with E-state index in [2.05, 4.69) is 37.6 Å². The Labute approximate surface area is 180 Å². The molecule has 0 amide bonds. The second-order valence-corrected chi connectivity index (χ2v) is 7.15. The van der Waals surface area contributed by atoms with Crippen LogP contribution in [0.1, 0.15) is 25.7 Å². The number of methoxy groups -OCH3 is 1. The molecule has 1 atom stereocenters. The molecule has 2 saturated heterocycles. The van der Waals surface area contributed by atoms with E-state index in [-0.39, 0.29) is 24.0 Å². The van der Waals surface area contributed by atoms with Gasteiger partial charge in [0.1, 0.15) is 5.75 Å². The van der Waals surface area contributed by atoms with Gasteiger partial charge in [-0.2, -0.15) is 0 Å². The van der Waals surface area contributed by atoms with Gasteiger partial charge in [-0.05, 0) is 44.5 Å². The van der Waals surface area contributed by atoms with Crippen LogP contribution in [0.2, 0.25) is 0 Å². The van der Waals surface area contributed by atoms with Crippen molar-refractivity contribution < 1.29 is 4.74 Å². The zero-order valence-corrected chi connectivity index (χ0v) is 18.9. The molecule has 2 aliphatic rings.